The highest BCUT2D eigenvalue weighted by Crippen LogP contribution is 2.36. The molecule has 0 saturated heterocycles. The summed E-state index contributed by atoms with van der Waals surface area (Å²) in [6.07, 6.45) is 2.99. The van der Waals surface area contributed by atoms with Gasteiger partial charge in [-0.3, -0.25) is 4.79 Å². The van der Waals surface area contributed by atoms with Crippen molar-refractivity contribution in [3.8, 4) is 5.75 Å². The van der Waals surface area contributed by atoms with Gasteiger partial charge in [0.25, 0.3) is 0 Å². The van der Waals surface area contributed by atoms with E-state index >= 15 is 0 Å². The molecule has 0 bridgehead atoms. The molecule has 19 heavy (non-hydrogen) atoms. The van der Waals surface area contributed by atoms with Crippen LogP contribution in [0.1, 0.15) is 31.2 Å². The van der Waals surface area contributed by atoms with E-state index in [4.69, 9.17) is 9.47 Å². The van der Waals surface area contributed by atoms with E-state index in [1.54, 1.807) is 20.3 Å². The Morgan fingerprint density at radius 1 is 1.05 bits per heavy atom. The highest BCUT2D eigenvalue weighted by Gasteiger charge is 2.26. The summed E-state index contributed by atoms with van der Waals surface area (Å²) in [6.45, 7) is 2.12. The molecule has 0 aliphatic heterocycles. The first-order valence-corrected chi connectivity index (χ1v) is 6.55. The third-order valence-electron chi connectivity index (χ3n) is 3.76. The zero-order valence-electron chi connectivity index (χ0n) is 11.7. The zero-order chi connectivity index (χ0) is 13.8. The predicted molar refractivity (Wildman–Crippen MR) is 74.2 cm³/mol. The van der Waals surface area contributed by atoms with Crippen molar-refractivity contribution in [1.82, 2.24) is 0 Å². The molecular weight excluding hydrogens is 240 g/mol. The lowest BCUT2D eigenvalue weighted by atomic mass is 9.83. The average molecular weight is 260 g/mol. The van der Waals surface area contributed by atoms with E-state index in [-0.39, 0.29) is 5.78 Å². The van der Waals surface area contributed by atoms with E-state index in [9.17, 15) is 4.79 Å². The van der Waals surface area contributed by atoms with Crippen LogP contribution in [-0.4, -0.2) is 20.0 Å². The topological polar surface area (TPSA) is 35.5 Å². The Bertz CT molecular complexity index is 473. The first-order chi connectivity index (χ1) is 9.13. The molecular formula is C16H20O3. The SMILES string of the molecule is COC1=CC(=O)C[C@H](C)[C@H](c2ccc(OC)cc2)C1. The molecule has 2 rings (SSSR count). The van der Waals surface area contributed by atoms with Gasteiger partial charge in [0.1, 0.15) is 5.75 Å². The molecule has 0 N–H and O–H groups in total. The van der Waals surface area contributed by atoms with Crippen molar-refractivity contribution in [2.75, 3.05) is 14.2 Å². The van der Waals surface area contributed by atoms with Crippen molar-refractivity contribution in [1.29, 1.82) is 0 Å². The summed E-state index contributed by atoms with van der Waals surface area (Å²) in [5, 5.41) is 0. The summed E-state index contributed by atoms with van der Waals surface area (Å²) in [4.78, 5) is 11.8. The predicted octanol–water partition coefficient (Wildman–Crippen LogP) is 3.31. The van der Waals surface area contributed by atoms with Gasteiger partial charge in [0, 0.05) is 18.9 Å². The van der Waals surface area contributed by atoms with Crippen molar-refractivity contribution in [2.24, 2.45) is 5.92 Å². The lowest BCUT2D eigenvalue weighted by Crippen LogP contribution is -2.11. The molecule has 0 unspecified atom stereocenters. The van der Waals surface area contributed by atoms with E-state index in [1.165, 1.54) is 5.56 Å². The van der Waals surface area contributed by atoms with E-state index in [2.05, 4.69) is 19.1 Å². The van der Waals surface area contributed by atoms with Crippen LogP contribution in [0.4, 0.5) is 0 Å². The number of rotatable bonds is 3. The summed E-state index contributed by atoms with van der Waals surface area (Å²) < 4.78 is 10.5. The number of carbonyl (C=O) groups excluding carboxylic acids is 1. The second kappa shape index (κ2) is 5.91. The maximum absolute atomic E-state index is 11.8. The van der Waals surface area contributed by atoms with Gasteiger partial charge in [-0.15, -0.1) is 0 Å². The number of methoxy groups -OCH3 is 2. The number of carbonyl (C=O) groups is 1. The van der Waals surface area contributed by atoms with Crippen LogP contribution in [0, 0.1) is 5.92 Å². The minimum atomic E-state index is 0.153. The van der Waals surface area contributed by atoms with E-state index in [0.29, 0.717) is 18.3 Å². The molecule has 1 aliphatic rings. The molecule has 1 aromatic carbocycles. The largest absolute Gasteiger partial charge is 0.501 e. The number of ether oxygens (including phenoxy) is 2. The third-order valence-corrected chi connectivity index (χ3v) is 3.76. The number of hydrogen-bond donors (Lipinski definition) is 0. The summed E-state index contributed by atoms with van der Waals surface area (Å²) in [5.41, 5.74) is 1.23. The Labute approximate surface area is 114 Å². The molecule has 0 radical (unpaired) electrons. The average Bonchev–Trinajstić information content (AvgIpc) is 2.57. The number of hydrogen-bond acceptors (Lipinski definition) is 3. The maximum atomic E-state index is 11.8. The van der Waals surface area contributed by atoms with Crippen LogP contribution < -0.4 is 4.74 Å². The smallest absolute Gasteiger partial charge is 0.159 e. The first kappa shape index (κ1) is 13.7. The molecule has 102 valence electrons. The molecule has 0 aromatic heterocycles. The molecule has 0 fully saturated rings. The second-order valence-electron chi connectivity index (χ2n) is 5.05. The lowest BCUT2D eigenvalue weighted by Gasteiger charge is -2.22. The van der Waals surface area contributed by atoms with Crippen molar-refractivity contribution >= 4 is 5.78 Å². The van der Waals surface area contributed by atoms with Crippen molar-refractivity contribution in [3.05, 3.63) is 41.7 Å². The Balaban J connectivity index is 2.25. The fourth-order valence-corrected chi connectivity index (χ4v) is 2.61. The van der Waals surface area contributed by atoms with Crippen molar-refractivity contribution in [2.45, 2.75) is 25.7 Å². The number of benzene rings is 1. The van der Waals surface area contributed by atoms with E-state index in [1.807, 2.05) is 12.1 Å². The molecule has 0 amide bonds. The molecule has 0 heterocycles. The van der Waals surface area contributed by atoms with Crippen LogP contribution in [0.5, 0.6) is 5.75 Å². The van der Waals surface area contributed by atoms with Gasteiger partial charge in [0.05, 0.1) is 20.0 Å². The van der Waals surface area contributed by atoms with Gasteiger partial charge in [-0.2, -0.15) is 0 Å². The minimum absolute atomic E-state index is 0.153. The fraction of sp³-hybridized carbons (Fsp3) is 0.438. The molecule has 0 saturated carbocycles. The summed E-state index contributed by atoms with van der Waals surface area (Å²) in [7, 11) is 3.29. The van der Waals surface area contributed by atoms with Crippen molar-refractivity contribution in [3.63, 3.8) is 0 Å². The Kier molecular flexibility index (Phi) is 4.25. The van der Waals surface area contributed by atoms with Crippen LogP contribution in [-0.2, 0) is 9.53 Å². The van der Waals surface area contributed by atoms with E-state index < -0.39 is 0 Å². The monoisotopic (exact) mass is 260 g/mol. The standard InChI is InChI=1S/C16H20O3/c1-11-8-13(17)9-15(19-3)10-16(11)12-4-6-14(18-2)7-5-12/h4-7,9,11,16H,8,10H2,1-3H3/t11-,16+/m0/s1. The van der Waals surface area contributed by atoms with Crippen LogP contribution in [0.15, 0.2) is 36.1 Å². The number of ketones is 1. The van der Waals surface area contributed by atoms with Crippen LogP contribution in [0.25, 0.3) is 0 Å². The van der Waals surface area contributed by atoms with Gasteiger partial charge in [0.2, 0.25) is 0 Å². The summed E-state index contributed by atoms with van der Waals surface area (Å²) in [6, 6.07) is 8.07. The molecule has 1 aromatic rings. The third kappa shape index (κ3) is 3.16. The first-order valence-electron chi connectivity index (χ1n) is 6.55. The van der Waals surface area contributed by atoms with Gasteiger partial charge in [0.15, 0.2) is 5.78 Å². The van der Waals surface area contributed by atoms with Gasteiger partial charge in [-0.05, 0) is 29.5 Å². The van der Waals surface area contributed by atoms with Gasteiger partial charge in [-0.1, -0.05) is 19.1 Å². The molecule has 1 aliphatic carbocycles. The highest BCUT2D eigenvalue weighted by atomic mass is 16.5. The molecule has 3 heteroatoms. The van der Waals surface area contributed by atoms with Crippen LogP contribution in [0.3, 0.4) is 0 Å². The Morgan fingerprint density at radius 2 is 1.74 bits per heavy atom. The summed E-state index contributed by atoms with van der Waals surface area (Å²) in [5.74, 6) is 2.40. The van der Waals surface area contributed by atoms with Gasteiger partial charge >= 0.3 is 0 Å². The van der Waals surface area contributed by atoms with Crippen molar-refractivity contribution < 1.29 is 14.3 Å². The normalized spacial score (nSPS) is 23.5. The van der Waals surface area contributed by atoms with E-state index in [0.717, 1.165) is 17.9 Å². The molecule has 3 nitrogen and oxygen atoms in total. The lowest BCUT2D eigenvalue weighted by molar-refractivity contribution is -0.115. The highest BCUT2D eigenvalue weighted by molar-refractivity contribution is 5.90. The van der Waals surface area contributed by atoms with Crippen LogP contribution in [0.2, 0.25) is 0 Å². The second-order valence-corrected chi connectivity index (χ2v) is 5.05. The number of allylic oxidation sites excluding steroid dienone is 2. The van der Waals surface area contributed by atoms with Gasteiger partial charge < -0.3 is 9.47 Å². The minimum Gasteiger partial charge on any atom is -0.501 e. The van der Waals surface area contributed by atoms with Gasteiger partial charge in [-0.25, -0.2) is 0 Å². The quantitative estimate of drug-likeness (QED) is 0.836. The molecule has 0 spiro atoms. The molecule has 2 atom stereocenters. The maximum Gasteiger partial charge on any atom is 0.159 e. The summed E-state index contributed by atoms with van der Waals surface area (Å²) >= 11 is 0. The fourth-order valence-electron chi connectivity index (χ4n) is 2.61. The van der Waals surface area contributed by atoms with Crippen LogP contribution >= 0.6 is 0 Å². The zero-order valence-corrected chi connectivity index (χ0v) is 11.7. The Hall–Kier alpha value is -1.77. The Morgan fingerprint density at radius 3 is 2.32 bits per heavy atom.